The Kier molecular flexibility index (Phi) is 5.46. The molecule has 0 amide bonds. The molecule has 2 nitrogen and oxygen atoms in total. The Balaban J connectivity index is 2.70. The van der Waals surface area contributed by atoms with Gasteiger partial charge in [-0.1, -0.05) is 40.5 Å². The molecule has 0 unspecified atom stereocenters. The summed E-state index contributed by atoms with van der Waals surface area (Å²) in [6.45, 7) is 12.7. The maximum absolute atomic E-state index is 6.14. The van der Waals surface area contributed by atoms with Crippen molar-refractivity contribution >= 4 is 0 Å². The molecule has 1 aliphatic rings. The fraction of sp³-hybridized carbons (Fsp3) is 1.00. The summed E-state index contributed by atoms with van der Waals surface area (Å²) < 4.78 is 0. The van der Waals surface area contributed by atoms with Crippen LogP contribution < -0.4 is 5.73 Å². The Bertz CT molecular complexity index is 207. The smallest absolute Gasteiger partial charge is 0.0331 e. The highest BCUT2D eigenvalue weighted by Gasteiger charge is 2.37. The van der Waals surface area contributed by atoms with Crippen LogP contribution in [-0.4, -0.2) is 30.1 Å². The van der Waals surface area contributed by atoms with Crippen molar-refractivity contribution in [3.8, 4) is 0 Å². The van der Waals surface area contributed by atoms with Gasteiger partial charge in [0.2, 0.25) is 0 Å². The van der Waals surface area contributed by atoms with Crippen LogP contribution in [0.3, 0.4) is 0 Å². The van der Waals surface area contributed by atoms with Gasteiger partial charge in [0.1, 0.15) is 0 Å². The summed E-state index contributed by atoms with van der Waals surface area (Å²) >= 11 is 0. The zero-order chi connectivity index (χ0) is 12.9. The lowest BCUT2D eigenvalue weighted by Crippen LogP contribution is -2.57. The molecule has 0 aromatic carbocycles. The van der Waals surface area contributed by atoms with E-state index in [9.17, 15) is 0 Å². The molecule has 0 saturated carbocycles. The van der Waals surface area contributed by atoms with E-state index >= 15 is 0 Å². The molecule has 0 bridgehead atoms. The third-order valence-corrected chi connectivity index (χ3v) is 4.60. The van der Waals surface area contributed by atoms with Crippen LogP contribution in [-0.2, 0) is 0 Å². The minimum absolute atomic E-state index is 0.292. The van der Waals surface area contributed by atoms with Gasteiger partial charge in [0.25, 0.3) is 0 Å². The first-order chi connectivity index (χ1) is 7.99. The average molecular weight is 240 g/mol. The fourth-order valence-electron chi connectivity index (χ4n) is 3.29. The molecule has 1 fully saturated rings. The summed E-state index contributed by atoms with van der Waals surface area (Å²) in [5.41, 5.74) is 6.97. The van der Waals surface area contributed by atoms with Crippen molar-refractivity contribution in [3.05, 3.63) is 0 Å². The molecule has 1 aliphatic heterocycles. The van der Waals surface area contributed by atoms with Gasteiger partial charge in [0.05, 0.1) is 0 Å². The van der Waals surface area contributed by atoms with Gasteiger partial charge in [-0.15, -0.1) is 0 Å². The van der Waals surface area contributed by atoms with Crippen LogP contribution in [0.15, 0.2) is 0 Å². The highest BCUT2D eigenvalue weighted by molar-refractivity contribution is 4.94. The number of piperidine rings is 1. The first-order valence-electron chi connectivity index (χ1n) is 7.45. The number of rotatable bonds is 6. The van der Waals surface area contributed by atoms with Crippen molar-refractivity contribution in [3.63, 3.8) is 0 Å². The van der Waals surface area contributed by atoms with Crippen LogP contribution in [0.5, 0.6) is 0 Å². The highest BCUT2D eigenvalue weighted by Crippen LogP contribution is 2.36. The first kappa shape index (κ1) is 15.0. The standard InChI is InChI=1S/C15H32N2/c1-5-7-15(13-16,8-6-2)17-11-9-14(3,4)10-12-17/h5-13,16H2,1-4H3. The summed E-state index contributed by atoms with van der Waals surface area (Å²) in [4.78, 5) is 2.70. The summed E-state index contributed by atoms with van der Waals surface area (Å²) in [6, 6.07) is 0. The zero-order valence-corrected chi connectivity index (χ0v) is 12.4. The van der Waals surface area contributed by atoms with E-state index in [0.29, 0.717) is 11.0 Å². The molecule has 2 N–H and O–H groups in total. The molecule has 0 aliphatic carbocycles. The lowest BCUT2D eigenvalue weighted by molar-refractivity contribution is 0.0203. The van der Waals surface area contributed by atoms with Gasteiger partial charge >= 0.3 is 0 Å². The van der Waals surface area contributed by atoms with Crippen molar-refractivity contribution in [2.75, 3.05) is 19.6 Å². The van der Waals surface area contributed by atoms with Crippen molar-refractivity contribution in [2.24, 2.45) is 11.1 Å². The van der Waals surface area contributed by atoms with Crippen molar-refractivity contribution in [1.82, 2.24) is 4.90 Å². The predicted molar refractivity (Wildman–Crippen MR) is 76.2 cm³/mol. The first-order valence-corrected chi connectivity index (χ1v) is 7.45. The highest BCUT2D eigenvalue weighted by atomic mass is 15.2. The van der Waals surface area contributed by atoms with E-state index in [0.717, 1.165) is 6.54 Å². The van der Waals surface area contributed by atoms with Gasteiger partial charge in [0.15, 0.2) is 0 Å². The van der Waals surface area contributed by atoms with E-state index in [1.165, 1.54) is 51.6 Å². The van der Waals surface area contributed by atoms with E-state index in [1.54, 1.807) is 0 Å². The van der Waals surface area contributed by atoms with Gasteiger partial charge in [-0.2, -0.15) is 0 Å². The molecule has 102 valence electrons. The number of nitrogens with zero attached hydrogens (tertiary/aromatic N) is 1. The van der Waals surface area contributed by atoms with Crippen molar-refractivity contribution < 1.29 is 0 Å². The topological polar surface area (TPSA) is 29.3 Å². The Morgan fingerprint density at radius 2 is 1.53 bits per heavy atom. The second-order valence-electron chi connectivity index (χ2n) is 6.58. The molecule has 17 heavy (non-hydrogen) atoms. The van der Waals surface area contributed by atoms with E-state index in [4.69, 9.17) is 5.73 Å². The molecule has 0 aromatic rings. The second-order valence-corrected chi connectivity index (χ2v) is 6.58. The van der Waals surface area contributed by atoms with Crippen molar-refractivity contribution in [1.29, 1.82) is 0 Å². The predicted octanol–water partition coefficient (Wildman–Crippen LogP) is 3.41. The molecule has 0 atom stereocenters. The zero-order valence-electron chi connectivity index (χ0n) is 12.4. The second kappa shape index (κ2) is 6.19. The number of nitrogens with two attached hydrogens (primary N) is 1. The minimum atomic E-state index is 0.292. The van der Waals surface area contributed by atoms with Gasteiger partial charge in [-0.05, 0) is 44.2 Å². The number of likely N-dealkylation sites (tertiary alicyclic amines) is 1. The van der Waals surface area contributed by atoms with E-state index < -0.39 is 0 Å². The average Bonchev–Trinajstić information content (AvgIpc) is 2.28. The SMILES string of the molecule is CCCC(CN)(CCC)N1CCC(C)(C)CC1. The van der Waals surface area contributed by atoms with Gasteiger partial charge < -0.3 is 5.73 Å². The van der Waals surface area contributed by atoms with Crippen LogP contribution in [0.4, 0.5) is 0 Å². The third-order valence-electron chi connectivity index (χ3n) is 4.60. The Hall–Kier alpha value is -0.0800. The fourth-order valence-corrected chi connectivity index (χ4v) is 3.29. The summed E-state index contributed by atoms with van der Waals surface area (Å²) in [7, 11) is 0. The lowest BCUT2D eigenvalue weighted by atomic mass is 9.78. The van der Waals surface area contributed by atoms with Crippen molar-refractivity contribution in [2.45, 2.75) is 71.8 Å². The largest absolute Gasteiger partial charge is 0.329 e. The Morgan fingerprint density at radius 3 is 1.88 bits per heavy atom. The van der Waals surface area contributed by atoms with E-state index in [1.807, 2.05) is 0 Å². The minimum Gasteiger partial charge on any atom is -0.329 e. The third kappa shape index (κ3) is 3.69. The van der Waals surface area contributed by atoms with Crippen LogP contribution in [0, 0.1) is 5.41 Å². The molecule has 2 heteroatoms. The number of hydrogen-bond donors (Lipinski definition) is 1. The molecule has 1 heterocycles. The van der Waals surface area contributed by atoms with Crippen LogP contribution in [0.25, 0.3) is 0 Å². The number of hydrogen-bond acceptors (Lipinski definition) is 2. The normalized spacial score (nSPS) is 21.7. The quantitative estimate of drug-likeness (QED) is 0.771. The lowest BCUT2D eigenvalue weighted by Gasteiger charge is -2.49. The summed E-state index contributed by atoms with van der Waals surface area (Å²) in [5.74, 6) is 0. The Morgan fingerprint density at radius 1 is 1.06 bits per heavy atom. The molecular weight excluding hydrogens is 208 g/mol. The molecular formula is C15H32N2. The summed E-state index contributed by atoms with van der Waals surface area (Å²) in [5, 5.41) is 0. The molecule has 0 spiro atoms. The van der Waals surface area contributed by atoms with Crippen LogP contribution in [0.1, 0.15) is 66.2 Å². The van der Waals surface area contributed by atoms with E-state index in [-0.39, 0.29) is 0 Å². The van der Waals surface area contributed by atoms with E-state index in [2.05, 4.69) is 32.6 Å². The van der Waals surface area contributed by atoms with Crippen LogP contribution >= 0.6 is 0 Å². The molecule has 0 aromatic heterocycles. The monoisotopic (exact) mass is 240 g/mol. The maximum Gasteiger partial charge on any atom is 0.0331 e. The molecule has 1 rings (SSSR count). The van der Waals surface area contributed by atoms with Gasteiger partial charge in [-0.25, -0.2) is 0 Å². The molecule has 0 radical (unpaired) electrons. The molecule has 1 saturated heterocycles. The van der Waals surface area contributed by atoms with Crippen LogP contribution in [0.2, 0.25) is 0 Å². The van der Waals surface area contributed by atoms with Gasteiger partial charge in [0, 0.05) is 12.1 Å². The Labute approximate surface area is 108 Å². The summed E-state index contributed by atoms with van der Waals surface area (Å²) in [6.07, 6.45) is 7.66. The maximum atomic E-state index is 6.14. The van der Waals surface area contributed by atoms with Gasteiger partial charge in [-0.3, -0.25) is 4.90 Å².